The highest BCUT2D eigenvalue weighted by atomic mass is 19.1. The number of halogens is 1. The van der Waals surface area contributed by atoms with Crippen molar-refractivity contribution >= 4 is 17.3 Å². The summed E-state index contributed by atoms with van der Waals surface area (Å²) in [5.74, 6) is -0.643. The summed E-state index contributed by atoms with van der Waals surface area (Å²) in [5, 5.41) is 7.17. The van der Waals surface area contributed by atoms with Crippen LogP contribution < -0.4 is 10.2 Å². The zero-order valence-electron chi connectivity index (χ0n) is 18.2. The third kappa shape index (κ3) is 4.32. The molecule has 0 bridgehead atoms. The number of hydrogen-bond acceptors (Lipinski definition) is 4. The van der Waals surface area contributed by atoms with Gasteiger partial charge in [0, 0.05) is 37.6 Å². The summed E-state index contributed by atoms with van der Waals surface area (Å²) < 4.78 is 15.6. The highest BCUT2D eigenvalue weighted by Crippen LogP contribution is 2.25. The van der Waals surface area contributed by atoms with Gasteiger partial charge in [0.05, 0.1) is 17.5 Å². The topological polar surface area (TPSA) is 53.4 Å². The van der Waals surface area contributed by atoms with Crippen LogP contribution in [-0.4, -0.2) is 53.3 Å². The van der Waals surface area contributed by atoms with Gasteiger partial charge in [-0.25, -0.2) is 9.07 Å². The molecule has 6 nitrogen and oxygen atoms in total. The number of carbonyl (C=O) groups excluding carboxylic acids is 1. The molecule has 4 rings (SSSR count). The number of rotatable bonds is 5. The average molecular weight is 422 g/mol. The first-order valence-corrected chi connectivity index (χ1v) is 10.7. The van der Waals surface area contributed by atoms with Crippen LogP contribution in [0.15, 0.2) is 48.7 Å². The number of nitrogens with one attached hydrogen (secondary N) is 1. The van der Waals surface area contributed by atoms with Gasteiger partial charge in [-0.05, 0) is 56.3 Å². The Morgan fingerprint density at radius 1 is 1.06 bits per heavy atom. The number of carbonyl (C=O) groups is 1. The van der Waals surface area contributed by atoms with Gasteiger partial charge >= 0.3 is 0 Å². The van der Waals surface area contributed by atoms with Crippen molar-refractivity contribution in [3.8, 4) is 5.69 Å². The monoisotopic (exact) mass is 421 g/mol. The molecule has 0 aliphatic carbocycles. The van der Waals surface area contributed by atoms with Crippen molar-refractivity contribution in [1.29, 1.82) is 0 Å². The van der Waals surface area contributed by atoms with E-state index in [4.69, 9.17) is 0 Å². The van der Waals surface area contributed by atoms with Crippen LogP contribution in [-0.2, 0) is 0 Å². The van der Waals surface area contributed by atoms with E-state index in [2.05, 4.69) is 40.1 Å². The number of amides is 1. The summed E-state index contributed by atoms with van der Waals surface area (Å²) in [4.78, 5) is 17.7. The lowest BCUT2D eigenvalue weighted by atomic mass is 10.1. The molecule has 31 heavy (non-hydrogen) atoms. The van der Waals surface area contributed by atoms with Gasteiger partial charge in [-0.1, -0.05) is 19.1 Å². The minimum absolute atomic E-state index is 0.260. The third-order valence-electron chi connectivity index (χ3n) is 5.95. The van der Waals surface area contributed by atoms with Crippen molar-refractivity contribution < 1.29 is 9.18 Å². The van der Waals surface area contributed by atoms with Crippen molar-refractivity contribution in [3.05, 3.63) is 71.3 Å². The van der Waals surface area contributed by atoms with E-state index in [-0.39, 0.29) is 11.7 Å². The molecule has 0 atom stereocenters. The van der Waals surface area contributed by atoms with Crippen LogP contribution in [0.5, 0.6) is 0 Å². The predicted octanol–water partition coefficient (Wildman–Crippen LogP) is 4.02. The maximum Gasteiger partial charge on any atom is 0.259 e. The molecule has 1 aromatic heterocycles. The van der Waals surface area contributed by atoms with Gasteiger partial charge in [0.2, 0.25) is 0 Å². The summed E-state index contributed by atoms with van der Waals surface area (Å²) >= 11 is 0. The Morgan fingerprint density at radius 2 is 1.81 bits per heavy atom. The smallest absolute Gasteiger partial charge is 0.259 e. The molecule has 1 N–H and O–H groups in total. The maximum atomic E-state index is 14.1. The van der Waals surface area contributed by atoms with E-state index >= 15 is 0 Å². The number of para-hydroxylation sites is 1. The summed E-state index contributed by atoms with van der Waals surface area (Å²) in [6.45, 7) is 11.3. The standard InChI is InChI=1S/C24H28FN5O/c1-4-28-11-13-29(14-12-28)22-10-9-19(15-17(22)2)27-24(31)20-16-26-30(18(20)3)23-8-6-5-7-21(23)25/h5-10,15-16H,4,11-14H2,1-3H3,(H,27,31). The number of nitrogens with zero attached hydrogens (tertiary/aromatic N) is 4. The van der Waals surface area contributed by atoms with E-state index < -0.39 is 0 Å². The molecule has 2 aromatic carbocycles. The van der Waals surface area contributed by atoms with Gasteiger partial charge in [-0.3, -0.25) is 4.79 Å². The number of aryl methyl sites for hydroxylation is 1. The second-order valence-corrected chi connectivity index (χ2v) is 7.88. The van der Waals surface area contributed by atoms with Crippen molar-refractivity contribution in [2.24, 2.45) is 0 Å². The lowest BCUT2D eigenvalue weighted by Gasteiger charge is -2.36. The molecule has 162 valence electrons. The molecule has 0 radical (unpaired) electrons. The number of likely N-dealkylation sites (N-methyl/N-ethyl adjacent to an activating group) is 1. The summed E-state index contributed by atoms with van der Waals surface area (Å²) in [5.41, 5.74) is 4.39. The molecule has 0 saturated carbocycles. The Balaban J connectivity index is 1.48. The minimum Gasteiger partial charge on any atom is -0.369 e. The Kier molecular flexibility index (Phi) is 6.04. The second-order valence-electron chi connectivity index (χ2n) is 7.88. The number of piperazine rings is 1. The first-order chi connectivity index (χ1) is 15.0. The fourth-order valence-corrected chi connectivity index (χ4v) is 4.09. The molecule has 1 amide bonds. The molecule has 3 aromatic rings. The molecule has 1 saturated heterocycles. The second kappa shape index (κ2) is 8.89. The fraction of sp³-hybridized carbons (Fsp3) is 0.333. The Labute approximate surface area is 182 Å². The normalized spacial score (nSPS) is 14.6. The summed E-state index contributed by atoms with van der Waals surface area (Å²) in [6.07, 6.45) is 1.48. The van der Waals surface area contributed by atoms with Crippen LogP contribution in [0.1, 0.15) is 28.5 Å². The average Bonchev–Trinajstić information content (AvgIpc) is 3.15. The number of aromatic nitrogens is 2. The highest BCUT2D eigenvalue weighted by molar-refractivity contribution is 6.05. The van der Waals surface area contributed by atoms with Gasteiger partial charge in [0.25, 0.3) is 5.91 Å². The fourth-order valence-electron chi connectivity index (χ4n) is 4.09. The van der Waals surface area contributed by atoms with Gasteiger partial charge in [0.1, 0.15) is 11.5 Å². The van der Waals surface area contributed by atoms with Crippen LogP contribution in [0.3, 0.4) is 0 Å². The Hall–Kier alpha value is -3.19. The lowest BCUT2D eigenvalue weighted by molar-refractivity contribution is 0.102. The van der Waals surface area contributed by atoms with Crippen LogP contribution in [0.2, 0.25) is 0 Å². The van der Waals surface area contributed by atoms with Crippen molar-refractivity contribution in [3.63, 3.8) is 0 Å². The molecule has 7 heteroatoms. The van der Waals surface area contributed by atoms with Crippen LogP contribution in [0.4, 0.5) is 15.8 Å². The Morgan fingerprint density at radius 3 is 2.48 bits per heavy atom. The first kappa shape index (κ1) is 21.1. The van der Waals surface area contributed by atoms with Crippen molar-refractivity contribution in [2.75, 3.05) is 42.9 Å². The van der Waals surface area contributed by atoms with Crippen LogP contribution >= 0.6 is 0 Å². The quantitative estimate of drug-likeness (QED) is 0.676. The zero-order chi connectivity index (χ0) is 22.0. The molecular weight excluding hydrogens is 393 g/mol. The molecular formula is C24H28FN5O. The largest absolute Gasteiger partial charge is 0.369 e. The zero-order valence-corrected chi connectivity index (χ0v) is 18.2. The minimum atomic E-state index is -0.383. The first-order valence-electron chi connectivity index (χ1n) is 10.7. The lowest BCUT2D eigenvalue weighted by Crippen LogP contribution is -2.46. The van der Waals surface area contributed by atoms with E-state index in [0.29, 0.717) is 16.9 Å². The van der Waals surface area contributed by atoms with Crippen LogP contribution in [0.25, 0.3) is 5.69 Å². The van der Waals surface area contributed by atoms with Crippen molar-refractivity contribution in [2.45, 2.75) is 20.8 Å². The van der Waals surface area contributed by atoms with E-state index in [1.807, 2.05) is 12.1 Å². The van der Waals surface area contributed by atoms with E-state index in [1.54, 1.807) is 25.1 Å². The number of anilines is 2. The summed E-state index contributed by atoms with van der Waals surface area (Å²) in [6, 6.07) is 12.4. The van der Waals surface area contributed by atoms with Gasteiger partial charge in [-0.15, -0.1) is 0 Å². The third-order valence-corrected chi connectivity index (χ3v) is 5.95. The molecule has 1 fully saturated rings. The van der Waals surface area contributed by atoms with Gasteiger partial charge in [-0.2, -0.15) is 5.10 Å². The predicted molar refractivity (Wildman–Crippen MR) is 122 cm³/mol. The molecule has 1 aliphatic heterocycles. The van der Waals surface area contributed by atoms with Gasteiger partial charge < -0.3 is 15.1 Å². The van der Waals surface area contributed by atoms with E-state index in [0.717, 1.165) is 44.0 Å². The molecule has 0 unspecified atom stereocenters. The molecule has 1 aliphatic rings. The summed E-state index contributed by atoms with van der Waals surface area (Å²) in [7, 11) is 0. The molecule has 2 heterocycles. The number of benzene rings is 2. The van der Waals surface area contributed by atoms with Crippen molar-refractivity contribution in [1.82, 2.24) is 14.7 Å². The van der Waals surface area contributed by atoms with Crippen LogP contribution in [0, 0.1) is 19.7 Å². The highest BCUT2D eigenvalue weighted by Gasteiger charge is 2.19. The molecule has 0 spiro atoms. The van der Waals surface area contributed by atoms with E-state index in [9.17, 15) is 9.18 Å². The van der Waals surface area contributed by atoms with Gasteiger partial charge in [0.15, 0.2) is 0 Å². The number of hydrogen-bond donors (Lipinski definition) is 1. The van der Waals surface area contributed by atoms with E-state index in [1.165, 1.54) is 22.6 Å². The maximum absolute atomic E-state index is 14.1. The SMILES string of the molecule is CCN1CCN(c2ccc(NC(=O)c3cnn(-c4ccccc4F)c3C)cc2C)CC1. The Bertz CT molecular complexity index is 1090.